The molecule has 0 heterocycles. The first kappa shape index (κ1) is 11.0. The number of ether oxygens (including phenoxy) is 1. The Bertz CT molecular complexity index is 511. The van der Waals surface area contributed by atoms with Crippen molar-refractivity contribution in [3.63, 3.8) is 0 Å². The number of hydrogen-bond acceptors (Lipinski definition) is 2. The highest BCUT2D eigenvalue weighted by Crippen LogP contribution is 2.32. The molecule has 82 valence electrons. The van der Waals surface area contributed by atoms with Crippen molar-refractivity contribution in [3.8, 4) is 11.5 Å². The molecule has 0 unspecified atom stereocenters. The summed E-state index contributed by atoms with van der Waals surface area (Å²) >= 11 is 3.37. The minimum absolute atomic E-state index is 0.615. The van der Waals surface area contributed by atoms with E-state index in [1.165, 1.54) is 0 Å². The van der Waals surface area contributed by atoms with E-state index in [9.17, 15) is 0 Å². The normalized spacial score (nSPS) is 10.1. The predicted molar refractivity (Wildman–Crippen MR) is 69.8 cm³/mol. The Balaban J connectivity index is 2.31. The molecule has 2 aromatic rings. The summed E-state index contributed by atoms with van der Waals surface area (Å²) < 4.78 is 6.56. The van der Waals surface area contributed by atoms with Crippen LogP contribution < -0.4 is 10.5 Å². The van der Waals surface area contributed by atoms with E-state index in [4.69, 9.17) is 10.5 Å². The maximum Gasteiger partial charge on any atom is 0.151 e. The van der Waals surface area contributed by atoms with Gasteiger partial charge < -0.3 is 10.5 Å². The largest absolute Gasteiger partial charge is 0.455 e. The van der Waals surface area contributed by atoms with E-state index in [1.54, 1.807) is 0 Å². The predicted octanol–water partition coefficient (Wildman–Crippen LogP) is 4.13. The average Bonchev–Trinajstić information content (AvgIpc) is 2.25. The lowest BCUT2D eigenvalue weighted by Crippen LogP contribution is -1.93. The van der Waals surface area contributed by atoms with Crippen LogP contribution in [0.4, 0.5) is 5.69 Å². The zero-order chi connectivity index (χ0) is 11.5. The van der Waals surface area contributed by atoms with Crippen LogP contribution in [0.2, 0.25) is 0 Å². The molecule has 3 heteroatoms. The minimum atomic E-state index is 0.615. The molecule has 0 fully saturated rings. The van der Waals surface area contributed by atoms with Crippen molar-refractivity contribution < 1.29 is 4.74 Å². The lowest BCUT2D eigenvalue weighted by atomic mass is 10.2. The van der Waals surface area contributed by atoms with Crippen LogP contribution in [-0.2, 0) is 0 Å². The van der Waals surface area contributed by atoms with E-state index in [0.717, 1.165) is 15.8 Å². The smallest absolute Gasteiger partial charge is 0.151 e. The van der Waals surface area contributed by atoms with E-state index in [2.05, 4.69) is 15.9 Å². The van der Waals surface area contributed by atoms with E-state index in [-0.39, 0.29) is 0 Å². The Morgan fingerprint density at radius 1 is 1.12 bits per heavy atom. The fourth-order valence-electron chi connectivity index (χ4n) is 1.41. The highest BCUT2D eigenvalue weighted by molar-refractivity contribution is 9.10. The minimum Gasteiger partial charge on any atom is -0.455 e. The topological polar surface area (TPSA) is 35.2 Å². The molecule has 0 bridgehead atoms. The molecule has 2 rings (SSSR count). The Kier molecular flexibility index (Phi) is 3.15. The number of nitrogens with two attached hydrogens (primary N) is 1. The summed E-state index contributed by atoms with van der Waals surface area (Å²) in [4.78, 5) is 0. The summed E-state index contributed by atoms with van der Waals surface area (Å²) in [7, 11) is 0. The summed E-state index contributed by atoms with van der Waals surface area (Å²) in [6, 6.07) is 13.5. The van der Waals surface area contributed by atoms with Gasteiger partial charge in [-0.2, -0.15) is 0 Å². The SMILES string of the molecule is Cc1cccc(Oc2cccc(Br)c2N)c1. The summed E-state index contributed by atoms with van der Waals surface area (Å²) in [6.45, 7) is 2.02. The number of aryl methyl sites for hydroxylation is 1. The van der Waals surface area contributed by atoms with Crippen LogP contribution in [0.1, 0.15) is 5.56 Å². The van der Waals surface area contributed by atoms with Gasteiger partial charge in [0.15, 0.2) is 5.75 Å². The van der Waals surface area contributed by atoms with Crippen molar-refractivity contribution in [1.82, 2.24) is 0 Å². The first-order valence-corrected chi connectivity index (χ1v) is 5.74. The Morgan fingerprint density at radius 2 is 1.88 bits per heavy atom. The Morgan fingerprint density at radius 3 is 2.62 bits per heavy atom. The molecule has 0 saturated heterocycles. The van der Waals surface area contributed by atoms with E-state index in [0.29, 0.717) is 11.4 Å². The molecule has 0 radical (unpaired) electrons. The van der Waals surface area contributed by atoms with Crippen molar-refractivity contribution in [2.75, 3.05) is 5.73 Å². The molecule has 0 saturated carbocycles. The number of para-hydroxylation sites is 1. The van der Waals surface area contributed by atoms with Gasteiger partial charge in [-0.15, -0.1) is 0 Å². The number of rotatable bonds is 2. The fraction of sp³-hybridized carbons (Fsp3) is 0.0769. The van der Waals surface area contributed by atoms with Crippen LogP contribution in [0.3, 0.4) is 0 Å². The van der Waals surface area contributed by atoms with Crippen LogP contribution in [0.5, 0.6) is 11.5 Å². The van der Waals surface area contributed by atoms with Crippen LogP contribution in [0.25, 0.3) is 0 Å². The first-order valence-electron chi connectivity index (χ1n) is 4.95. The summed E-state index contributed by atoms with van der Waals surface area (Å²) in [5.74, 6) is 1.46. The number of anilines is 1. The van der Waals surface area contributed by atoms with Crippen molar-refractivity contribution >= 4 is 21.6 Å². The number of hydrogen-bond donors (Lipinski definition) is 1. The van der Waals surface area contributed by atoms with Gasteiger partial charge in [0.2, 0.25) is 0 Å². The first-order chi connectivity index (χ1) is 7.66. The molecule has 0 aliphatic heterocycles. The molecule has 0 aliphatic carbocycles. The molecule has 0 aliphatic rings. The summed E-state index contributed by atoms with van der Waals surface area (Å²) in [6.07, 6.45) is 0. The third-order valence-electron chi connectivity index (χ3n) is 2.23. The van der Waals surface area contributed by atoms with E-state index in [1.807, 2.05) is 49.4 Å². The molecule has 0 aromatic heterocycles. The highest BCUT2D eigenvalue weighted by atomic mass is 79.9. The zero-order valence-corrected chi connectivity index (χ0v) is 10.5. The number of nitrogen functional groups attached to an aromatic ring is 1. The monoisotopic (exact) mass is 277 g/mol. The van der Waals surface area contributed by atoms with E-state index < -0.39 is 0 Å². The van der Waals surface area contributed by atoms with Gasteiger partial charge >= 0.3 is 0 Å². The second-order valence-corrected chi connectivity index (χ2v) is 4.42. The van der Waals surface area contributed by atoms with Crippen molar-refractivity contribution in [3.05, 3.63) is 52.5 Å². The molecule has 2 N–H and O–H groups in total. The Hall–Kier alpha value is -1.48. The second kappa shape index (κ2) is 4.58. The van der Waals surface area contributed by atoms with Gasteiger partial charge in [-0.3, -0.25) is 0 Å². The van der Waals surface area contributed by atoms with Crippen molar-refractivity contribution in [2.24, 2.45) is 0 Å². The second-order valence-electron chi connectivity index (χ2n) is 3.57. The van der Waals surface area contributed by atoms with Gasteiger partial charge in [-0.1, -0.05) is 18.2 Å². The maximum absolute atomic E-state index is 5.90. The molecule has 0 atom stereocenters. The number of benzene rings is 2. The van der Waals surface area contributed by atoms with Gasteiger partial charge in [0.25, 0.3) is 0 Å². The lowest BCUT2D eigenvalue weighted by molar-refractivity contribution is 0.484. The summed E-state index contributed by atoms with van der Waals surface area (Å²) in [5.41, 5.74) is 7.67. The highest BCUT2D eigenvalue weighted by Gasteiger charge is 2.04. The van der Waals surface area contributed by atoms with Gasteiger partial charge in [-0.05, 0) is 52.7 Å². The van der Waals surface area contributed by atoms with Crippen LogP contribution in [-0.4, -0.2) is 0 Å². The quantitative estimate of drug-likeness (QED) is 0.838. The molecule has 2 aromatic carbocycles. The zero-order valence-electron chi connectivity index (χ0n) is 8.91. The molecular weight excluding hydrogens is 266 g/mol. The number of halogens is 1. The standard InChI is InChI=1S/C13H12BrNO/c1-9-4-2-5-10(8-9)16-12-7-3-6-11(14)13(12)15/h2-8H,15H2,1H3. The van der Waals surface area contributed by atoms with Crippen LogP contribution in [0, 0.1) is 6.92 Å². The lowest BCUT2D eigenvalue weighted by Gasteiger charge is -2.09. The molecule has 0 amide bonds. The molecule has 16 heavy (non-hydrogen) atoms. The van der Waals surface area contributed by atoms with Gasteiger partial charge in [0, 0.05) is 4.47 Å². The average molecular weight is 278 g/mol. The molecule has 2 nitrogen and oxygen atoms in total. The van der Waals surface area contributed by atoms with Crippen molar-refractivity contribution in [1.29, 1.82) is 0 Å². The summed E-state index contributed by atoms with van der Waals surface area (Å²) in [5, 5.41) is 0. The van der Waals surface area contributed by atoms with Gasteiger partial charge in [0.1, 0.15) is 5.75 Å². The van der Waals surface area contributed by atoms with Gasteiger partial charge in [0.05, 0.1) is 5.69 Å². The van der Waals surface area contributed by atoms with Crippen molar-refractivity contribution in [2.45, 2.75) is 6.92 Å². The third-order valence-corrected chi connectivity index (χ3v) is 2.92. The fourth-order valence-corrected chi connectivity index (χ4v) is 1.76. The Labute approximate surface area is 103 Å². The van der Waals surface area contributed by atoms with E-state index >= 15 is 0 Å². The van der Waals surface area contributed by atoms with Crippen LogP contribution >= 0.6 is 15.9 Å². The van der Waals surface area contributed by atoms with Crippen LogP contribution in [0.15, 0.2) is 46.9 Å². The molecule has 0 spiro atoms. The van der Waals surface area contributed by atoms with Gasteiger partial charge in [-0.25, -0.2) is 0 Å². The maximum atomic E-state index is 5.90. The molecular formula is C13H12BrNO. The third kappa shape index (κ3) is 2.36.